The number of ether oxygens (including phenoxy) is 1. The Morgan fingerprint density at radius 1 is 1.20 bits per heavy atom. The lowest BCUT2D eigenvalue weighted by molar-refractivity contribution is -0.136. The lowest BCUT2D eigenvalue weighted by Crippen LogP contribution is -2.41. The average Bonchev–Trinajstić information content (AvgIpc) is 3.58. The van der Waals surface area contributed by atoms with Gasteiger partial charge in [-0.3, -0.25) is 14.9 Å². The van der Waals surface area contributed by atoms with E-state index in [1.807, 2.05) is 43.3 Å². The van der Waals surface area contributed by atoms with Gasteiger partial charge in [-0.1, -0.05) is 0 Å². The molecule has 0 aliphatic heterocycles. The van der Waals surface area contributed by atoms with Crippen molar-refractivity contribution in [1.82, 2.24) is 34.9 Å². The Hall–Kier alpha value is -4.09. The minimum Gasteiger partial charge on any atom is -0.494 e. The average molecular weight is 557 g/mol. The molecule has 6 rings (SSSR count). The number of hydrogen-bond acceptors (Lipinski definition) is 9. The fraction of sp³-hybridized carbons (Fsp3) is 0.345. The highest BCUT2D eigenvalue weighted by molar-refractivity contribution is 7.19. The van der Waals surface area contributed by atoms with E-state index in [-0.39, 0.29) is 11.8 Å². The molecule has 1 amide bonds. The molecule has 206 valence electrons. The van der Waals surface area contributed by atoms with Crippen molar-refractivity contribution in [3.8, 4) is 5.75 Å². The third-order valence-corrected chi connectivity index (χ3v) is 8.62. The fourth-order valence-corrected chi connectivity index (χ4v) is 6.60. The summed E-state index contributed by atoms with van der Waals surface area (Å²) in [5.74, 6) is 1.60. The summed E-state index contributed by atoms with van der Waals surface area (Å²) in [6.07, 6.45) is 9.26. The summed E-state index contributed by atoms with van der Waals surface area (Å²) in [4.78, 5) is 33.4. The SMILES string of the molecule is COc1cc2[nH]ncc2cc1Nc1ncnc2sc3c(c12)CCC(C(=O)N(CCN(C)C)Cc1ccncc1)C3. The Balaban J connectivity index is 1.27. The van der Waals surface area contributed by atoms with Crippen LogP contribution in [0.3, 0.4) is 0 Å². The Kier molecular flexibility index (Phi) is 7.31. The van der Waals surface area contributed by atoms with Gasteiger partial charge in [0.25, 0.3) is 0 Å². The third kappa shape index (κ3) is 5.22. The van der Waals surface area contributed by atoms with Gasteiger partial charge < -0.3 is 19.9 Å². The van der Waals surface area contributed by atoms with Gasteiger partial charge in [-0.25, -0.2) is 9.97 Å². The predicted octanol–water partition coefficient (Wildman–Crippen LogP) is 4.41. The number of thiophene rings is 1. The van der Waals surface area contributed by atoms with Crippen molar-refractivity contribution in [3.63, 3.8) is 0 Å². The molecule has 0 spiro atoms. The molecule has 1 atom stereocenters. The van der Waals surface area contributed by atoms with Crippen LogP contribution >= 0.6 is 11.3 Å². The van der Waals surface area contributed by atoms with E-state index in [0.29, 0.717) is 25.3 Å². The van der Waals surface area contributed by atoms with Crippen LogP contribution in [0.5, 0.6) is 5.75 Å². The Labute approximate surface area is 236 Å². The van der Waals surface area contributed by atoms with E-state index in [4.69, 9.17) is 4.74 Å². The summed E-state index contributed by atoms with van der Waals surface area (Å²) >= 11 is 1.67. The van der Waals surface area contributed by atoms with Gasteiger partial charge >= 0.3 is 0 Å². The molecule has 4 heterocycles. The Morgan fingerprint density at radius 3 is 2.85 bits per heavy atom. The van der Waals surface area contributed by atoms with Crippen molar-refractivity contribution < 1.29 is 9.53 Å². The number of amides is 1. The van der Waals surface area contributed by atoms with E-state index >= 15 is 0 Å². The van der Waals surface area contributed by atoms with Crippen LogP contribution in [0.2, 0.25) is 0 Å². The van der Waals surface area contributed by atoms with Crippen LogP contribution in [-0.2, 0) is 24.2 Å². The number of rotatable bonds is 9. The molecule has 10 nitrogen and oxygen atoms in total. The maximum Gasteiger partial charge on any atom is 0.226 e. The largest absolute Gasteiger partial charge is 0.494 e. The number of fused-ring (bicyclic) bond motifs is 4. The van der Waals surface area contributed by atoms with Crippen molar-refractivity contribution >= 4 is 49.9 Å². The standard InChI is InChI=1S/C29H32N8O2S/c1-36(2)10-11-37(16-18-6-8-30-9-7-18)29(38)19-4-5-21-25(13-19)40-28-26(21)27(31-17-32-28)34-23-12-20-15-33-35-22(20)14-24(23)39-3/h6-9,12,14-15,17,19H,4-5,10-11,13,16H2,1-3H3,(H,33,35)(H,31,32,34). The number of aromatic amines is 1. The second-order valence-corrected chi connectivity index (χ2v) is 11.5. The number of carbonyl (C=O) groups is 1. The maximum atomic E-state index is 13.8. The molecule has 1 unspecified atom stereocenters. The van der Waals surface area contributed by atoms with Gasteiger partial charge in [-0.2, -0.15) is 5.10 Å². The highest BCUT2D eigenvalue weighted by atomic mass is 32.1. The number of carbonyl (C=O) groups excluding carboxylic acids is 1. The molecular weight excluding hydrogens is 524 g/mol. The van der Waals surface area contributed by atoms with Crippen LogP contribution < -0.4 is 10.1 Å². The molecule has 11 heteroatoms. The number of aryl methyl sites for hydroxylation is 1. The molecule has 1 aliphatic carbocycles. The van der Waals surface area contributed by atoms with Crippen molar-refractivity contribution in [2.75, 3.05) is 39.6 Å². The highest BCUT2D eigenvalue weighted by Gasteiger charge is 2.32. The number of anilines is 2. The van der Waals surface area contributed by atoms with Crippen LogP contribution in [0, 0.1) is 5.92 Å². The number of benzene rings is 1. The summed E-state index contributed by atoms with van der Waals surface area (Å²) in [7, 11) is 5.72. The number of nitrogens with zero attached hydrogens (tertiary/aromatic N) is 6. The lowest BCUT2D eigenvalue weighted by atomic mass is 9.86. The number of aromatic nitrogens is 5. The van der Waals surface area contributed by atoms with Crippen LogP contribution in [0.4, 0.5) is 11.5 Å². The third-order valence-electron chi connectivity index (χ3n) is 7.46. The van der Waals surface area contributed by atoms with Crippen molar-refractivity contribution in [1.29, 1.82) is 0 Å². The molecule has 0 fully saturated rings. The summed E-state index contributed by atoms with van der Waals surface area (Å²) in [6, 6.07) is 7.89. The first-order chi connectivity index (χ1) is 19.5. The summed E-state index contributed by atoms with van der Waals surface area (Å²) in [5, 5.41) is 12.6. The first-order valence-electron chi connectivity index (χ1n) is 13.4. The molecule has 2 N–H and O–H groups in total. The molecule has 0 radical (unpaired) electrons. The van der Waals surface area contributed by atoms with E-state index in [1.165, 1.54) is 10.4 Å². The molecule has 0 saturated carbocycles. The zero-order valence-corrected chi connectivity index (χ0v) is 23.7. The van der Waals surface area contributed by atoms with Gasteiger partial charge in [-0.15, -0.1) is 11.3 Å². The minimum absolute atomic E-state index is 0.0578. The number of pyridine rings is 1. The molecule has 0 bridgehead atoms. The first kappa shape index (κ1) is 26.1. The molecule has 1 aliphatic rings. The number of methoxy groups -OCH3 is 1. The van der Waals surface area contributed by atoms with Crippen LogP contribution in [0.1, 0.15) is 22.4 Å². The zero-order valence-electron chi connectivity index (χ0n) is 22.8. The topological polar surface area (TPSA) is 112 Å². The van der Waals surface area contributed by atoms with E-state index in [2.05, 4.69) is 35.4 Å². The monoisotopic (exact) mass is 556 g/mol. The lowest BCUT2D eigenvalue weighted by Gasteiger charge is -2.30. The van der Waals surface area contributed by atoms with Gasteiger partial charge in [0, 0.05) is 54.3 Å². The smallest absolute Gasteiger partial charge is 0.226 e. The Morgan fingerprint density at radius 2 is 2.05 bits per heavy atom. The predicted molar refractivity (Wildman–Crippen MR) is 157 cm³/mol. The summed E-state index contributed by atoms with van der Waals surface area (Å²) in [6.45, 7) is 2.09. The van der Waals surface area contributed by atoms with E-state index < -0.39 is 0 Å². The molecule has 5 aromatic rings. The van der Waals surface area contributed by atoms with Gasteiger partial charge in [0.1, 0.15) is 22.7 Å². The van der Waals surface area contributed by atoms with Crippen LogP contribution in [-0.4, -0.2) is 75.2 Å². The normalized spacial score (nSPS) is 14.9. The van der Waals surface area contributed by atoms with Crippen molar-refractivity contribution in [3.05, 3.63) is 65.2 Å². The number of H-pyrrole nitrogens is 1. The quantitative estimate of drug-likeness (QED) is 0.275. The molecule has 1 aromatic carbocycles. The number of nitrogens with one attached hydrogen (secondary N) is 2. The van der Waals surface area contributed by atoms with Crippen LogP contribution in [0.25, 0.3) is 21.1 Å². The molecule has 4 aromatic heterocycles. The minimum atomic E-state index is -0.0578. The summed E-state index contributed by atoms with van der Waals surface area (Å²) < 4.78 is 5.64. The van der Waals surface area contributed by atoms with Gasteiger partial charge in [0.05, 0.1) is 29.9 Å². The van der Waals surface area contributed by atoms with Crippen molar-refractivity contribution in [2.45, 2.75) is 25.8 Å². The van der Waals surface area contributed by atoms with Crippen molar-refractivity contribution in [2.24, 2.45) is 5.92 Å². The van der Waals surface area contributed by atoms with Gasteiger partial charge in [0.15, 0.2) is 0 Å². The molecular formula is C29H32N8O2S. The maximum absolute atomic E-state index is 13.8. The molecule has 0 saturated heterocycles. The van der Waals surface area contributed by atoms with E-state index in [0.717, 1.165) is 57.6 Å². The second kappa shape index (κ2) is 11.2. The highest BCUT2D eigenvalue weighted by Crippen LogP contribution is 2.42. The first-order valence-corrected chi connectivity index (χ1v) is 14.2. The van der Waals surface area contributed by atoms with Crippen LogP contribution in [0.15, 0.2) is 49.2 Å². The van der Waals surface area contributed by atoms with E-state index in [1.54, 1.807) is 43.4 Å². The second-order valence-electron chi connectivity index (χ2n) is 10.4. The number of hydrogen-bond donors (Lipinski definition) is 2. The van der Waals surface area contributed by atoms with Gasteiger partial charge in [0.2, 0.25) is 5.91 Å². The Bertz CT molecular complexity index is 1650. The summed E-state index contributed by atoms with van der Waals surface area (Å²) in [5.41, 5.74) is 4.05. The zero-order chi connectivity index (χ0) is 27.6. The molecule has 40 heavy (non-hydrogen) atoms. The fourth-order valence-electron chi connectivity index (χ4n) is 5.34. The van der Waals surface area contributed by atoms with E-state index in [9.17, 15) is 4.79 Å². The number of likely N-dealkylation sites (N-methyl/N-ethyl adjacent to an activating group) is 1. The van der Waals surface area contributed by atoms with Gasteiger partial charge in [-0.05, 0) is 62.7 Å².